The number of carboxylic acids is 1. The minimum Gasteiger partial charge on any atom is -0.479 e. The molecule has 0 aliphatic carbocycles. The highest BCUT2D eigenvalue weighted by molar-refractivity contribution is 5.89. The molecule has 0 radical (unpaired) electrons. The Morgan fingerprint density at radius 2 is 2.17 bits per heavy atom. The molecule has 0 aromatic rings. The predicted octanol–water partition coefficient (Wildman–Crippen LogP) is 0.199. The second kappa shape index (κ2) is 2.47. The van der Waals surface area contributed by atoms with E-state index in [4.69, 9.17) is 10.2 Å². The largest absolute Gasteiger partial charge is 0.479 e. The van der Waals surface area contributed by atoms with Crippen LogP contribution in [0.4, 0.5) is 4.79 Å². The van der Waals surface area contributed by atoms with Gasteiger partial charge in [-0.25, -0.2) is 9.59 Å². The summed E-state index contributed by atoms with van der Waals surface area (Å²) in [5.74, 6) is -1.19. The molecule has 2 N–H and O–H groups in total. The monoisotopic (exact) mass is 172 g/mol. The maximum atomic E-state index is 10.7. The number of aliphatic carboxylic acids is 1. The molecule has 0 fully saturated rings. The van der Waals surface area contributed by atoms with E-state index in [1.165, 1.54) is 13.1 Å². The quantitative estimate of drug-likeness (QED) is 0.591. The van der Waals surface area contributed by atoms with E-state index in [0.717, 1.165) is 0 Å². The summed E-state index contributed by atoms with van der Waals surface area (Å²) in [6.45, 7) is 1.32. The molecule has 0 aromatic heterocycles. The van der Waals surface area contributed by atoms with Gasteiger partial charge in [0.2, 0.25) is 0 Å². The Balaban J connectivity index is 2.94. The topological polar surface area (TPSA) is 90.2 Å². The SMILES string of the molecule is C[C@]1(C(=O)O)CC=NN1C(=O)O. The first-order valence-electron chi connectivity index (χ1n) is 3.27. The molecule has 1 aliphatic rings. The van der Waals surface area contributed by atoms with Crippen molar-refractivity contribution in [2.75, 3.05) is 0 Å². The van der Waals surface area contributed by atoms with Crippen LogP contribution in [-0.2, 0) is 4.79 Å². The van der Waals surface area contributed by atoms with Crippen LogP contribution in [0.15, 0.2) is 5.10 Å². The first-order chi connectivity index (χ1) is 5.48. The summed E-state index contributed by atoms with van der Waals surface area (Å²) in [7, 11) is 0. The number of carbonyl (C=O) groups is 2. The summed E-state index contributed by atoms with van der Waals surface area (Å²) in [5.41, 5.74) is -1.44. The van der Waals surface area contributed by atoms with E-state index in [0.29, 0.717) is 5.01 Å². The molecule has 1 rings (SSSR count). The average molecular weight is 172 g/mol. The predicted molar refractivity (Wildman–Crippen MR) is 39.0 cm³/mol. The average Bonchev–Trinajstić information content (AvgIpc) is 2.32. The molecule has 0 spiro atoms. The molecule has 66 valence electrons. The Labute approximate surface area is 68.1 Å². The highest BCUT2D eigenvalue weighted by Crippen LogP contribution is 2.24. The second-order valence-corrected chi connectivity index (χ2v) is 2.68. The summed E-state index contributed by atoms with van der Waals surface area (Å²) in [6, 6.07) is 0. The van der Waals surface area contributed by atoms with Gasteiger partial charge in [0, 0.05) is 12.6 Å². The molecule has 1 heterocycles. The highest BCUT2D eigenvalue weighted by atomic mass is 16.4. The number of hydrogen-bond donors (Lipinski definition) is 2. The molecule has 0 bridgehead atoms. The van der Waals surface area contributed by atoms with Crippen LogP contribution in [-0.4, -0.2) is 39.0 Å². The Kier molecular flexibility index (Phi) is 1.75. The van der Waals surface area contributed by atoms with Gasteiger partial charge >= 0.3 is 12.1 Å². The van der Waals surface area contributed by atoms with E-state index < -0.39 is 17.6 Å². The summed E-state index contributed by atoms with van der Waals surface area (Å²) >= 11 is 0. The molecule has 0 saturated carbocycles. The fraction of sp³-hybridized carbons (Fsp3) is 0.500. The number of hydrazone groups is 1. The second-order valence-electron chi connectivity index (χ2n) is 2.68. The first-order valence-corrected chi connectivity index (χ1v) is 3.27. The van der Waals surface area contributed by atoms with E-state index in [-0.39, 0.29) is 6.42 Å². The maximum absolute atomic E-state index is 10.7. The third-order valence-corrected chi connectivity index (χ3v) is 1.80. The third kappa shape index (κ3) is 1.01. The molecule has 12 heavy (non-hydrogen) atoms. The molecule has 0 aromatic carbocycles. The maximum Gasteiger partial charge on any atom is 0.429 e. The number of rotatable bonds is 1. The summed E-state index contributed by atoms with van der Waals surface area (Å²) < 4.78 is 0. The van der Waals surface area contributed by atoms with E-state index in [2.05, 4.69) is 5.10 Å². The van der Waals surface area contributed by atoms with Crippen molar-refractivity contribution in [3.8, 4) is 0 Å². The zero-order valence-corrected chi connectivity index (χ0v) is 6.39. The molecule has 6 nitrogen and oxygen atoms in total. The third-order valence-electron chi connectivity index (χ3n) is 1.80. The van der Waals surface area contributed by atoms with E-state index >= 15 is 0 Å². The van der Waals surface area contributed by atoms with Crippen molar-refractivity contribution >= 4 is 18.3 Å². The van der Waals surface area contributed by atoms with Crippen LogP contribution in [0, 0.1) is 0 Å². The lowest BCUT2D eigenvalue weighted by Crippen LogP contribution is -2.49. The van der Waals surface area contributed by atoms with Crippen LogP contribution < -0.4 is 0 Å². The lowest BCUT2D eigenvalue weighted by atomic mass is 10.00. The van der Waals surface area contributed by atoms with Gasteiger partial charge in [0.1, 0.15) is 0 Å². The first kappa shape index (κ1) is 8.51. The van der Waals surface area contributed by atoms with Crippen molar-refractivity contribution in [3.05, 3.63) is 0 Å². The van der Waals surface area contributed by atoms with Crippen LogP contribution in [0.5, 0.6) is 0 Å². The number of nitrogens with zero attached hydrogens (tertiary/aromatic N) is 2. The van der Waals surface area contributed by atoms with Gasteiger partial charge in [0.15, 0.2) is 5.54 Å². The van der Waals surface area contributed by atoms with Crippen LogP contribution in [0.1, 0.15) is 13.3 Å². The van der Waals surface area contributed by atoms with Crippen LogP contribution in [0.3, 0.4) is 0 Å². The lowest BCUT2D eigenvalue weighted by molar-refractivity contribution is -0.148. The van der Waals surface area contributed by atoms with Gasteiger partial charge in [-0.3, -0.25) is 0 Å². The molecule has 6 heteroatoms. The molecular formula is C6H8N2O4. The summed E-state index contributed by atoms with van der Waals surface area (Å²) in [4.78, 5) is 21.1. The lowest BCUT2D eigenvalue weighted by Gasteiger charge is -2.25. The van der Waals surface area contributed by atoms with Crippen molar-refractivity contribution in [1.29, 1.82) is 0 Å². The molecule has 0 saturated heterocycles. The number of hydrogen-bond acceptors (Lipinski definition) is 3. The Morgan fingerprint density at radius 3 is 2.50 bits per heavy atom. The van der Waals surface area contributed by atoms with Gasteiger partial charge in [-0.2, -0.15) is 10.1 Å². The number of amides is 1. The Hall–Kier alpha value is -1.59. The summed E-state index contributed by atoms with van der Waals surface area (Å²) in [6.07, 6.45) is 0.0327. The standard InChI is InChI=1S/C6H8N2O4/c1-6(4(9)10)2-3-7-8(6)5(11)12/h3H,2H2,1H3,(H,9,10)(H,11,12)/t6-/m1/s1. The van der Waals surface area contributed by atoms with Gasteiger partial charge in [0.25, 0.3) is 0 Å². The van der Waals surface area contributed by atoms with Crippen LogP contribution in [0.25, 0.3) is 0 Å². The minimum atomic E-state index is -1.44. The summed E-state index contributed by atoms with van der Waals surface area (Å²) in [5, 5.41) is 21.2. The van der Waals surface area contributed by atoms with Crippen molar-refractivity contribution in [2.45, 2.75) is 18.9 Å². The smallest absolute Gasteiger partial charge is 0.429 e. The zero-order valence-electron chi connectivity index (χ0n) is 6.39. The van der Waals surface area contributed by atoms with E-state index in [9.17, 15) is 9.59 Å². The normalized spacial score (nSPS) is 27.6. The minimum absolute atomic E-state index is 0.106. The Bertz CT molecular complexity index is 262. The van der Waals surface area contributed by atoms with E-state index in [1.807, 2.05) is 0 Å². The fourth-order valence-corrected chi connectivity index (χ4v) is 0.953. The van der Waals surface area contributed by atoms with Gasteiger partial charge in [-0.15, -0.1) is 0 Å². The van der Waals surface area contributed by atoms with Crippen molar-refractivity contribution in [1.82, 2.24) is 5.01 Å². The molecular weight excluding hydrogens is 164 g/mol. The van der Waals surface area contributed by atoms with Crippen LogP contribution in [0.2, 0.25) is 0 Å². The van der Waals surface area contributed by atoms with E-state index in [1.54, 1.807) is 0 Å². The molecule has 1 atom stereocenters. The van der Waals surface area contributed by atoms with Gasteiger partial charge in [0.05, 0.1) is 0 Å². The van der Waals surface area contributed by atoms with Crippen molar-refractivity contribution < 1.29 is 19.8 Å². The molecule has 1 aliphatic heterocycles. The van der Waals surface area contributed by atoms with Gasteiger partial charge in [-0.1, -0.05) is 0 Å². The van der Waals surface area contributed by atoms with Crippen molar-refractivity contribution in [3.63, 3.8) is 0 Å². The van der Waals surface area contributed by atoms with Gasteiger partial charge < -0.3 is 10.2 Å². The fourth-order valence-electron chi connectivity index (χ4n) is 0.953. The van der Waals surface area contributed by atoms with Gasteiger partial charge in [-0.05, 0) is 6.92 Å². The molecule has 0 unspecified atom stereocenters. The zero-order chi connectivity index (χ0) is 9.35. The Morgan fingerprint density at radius 1 is 1.58 bits per heavy atom. The van der Waals surface area contributed by atoms with Crippen molar-refractivity contribution in [2.24, 2.45) is 5.10 Å². The molecule has 1 amide bonds. The van der Waals surface area contributed by atoms with Crippen LogP contribution >= 0.6 is 0 Å². The number of carboxylic acid groups (broad SMARTS) is 2. The highest BCUT2D eigenvalue weighted by Gasteiger charge is 2.45.